The summed E-state index contributed by atoms with van der Waals surface area (Å²) in [4.78, 5) is 29.2. The van der Waals surface area contributed by atoms with Crippen LogP contribution < -0.4 is 11.5 Å². The van der Waals surface area contributed by atoms with Gasteiger partial charge in [-0.15, -0.1) is 11.3 Å². The van der Waals surface area contributed by atoms with E-state index in [4.69, 9.17) is 21.2 Å². The Hall–Kier alpha value is -4.08. The number of fused-ring (bicyclic) bond motifs is 1. The van der Waals surface area contributed by atoms with Gasteiger partial charge in [0.1, 0.15) is 0 Å². The van der Waals surface area contributed by atoms with E-state index < -0.39 is 0 Å². The average molecular weight is 511 g/mol. The van der Waals surface area contributed by atoms with Gasteiger partial charge in [-0.2, -0.15) is 0 Å². The van der Waals surface area contributed by atoms with E-state index >= 15 is 0 Å². The zero-order valence-electron chi connectivity index (χ0n) is 20.2. The van der Waals surface area contributed by atoms with Crippen molar-refractivity contribution >= 4 is 50.2 Å². The van der Waals surface area contributed by atoms with Gasteiger partial charge in [-0.3, -0.25) is 4.79 Å². The Balaban J connectivity index is 1.33. The van der Waals surface area contributed by atoms with Gasteiger partial charge in [0.2, 0.25) is 5.95 Å². The van der Waals surface area contributed by atoms with Gasteiger partial charge >= 0.3 is 0 Å². The quantitative estimate of drug-likeness (QED) is 0.383. The number of amides is 1. The molecule has 5 heterocycles. The monoisotopic (exact) mass is 510 g/mol. The van der Waals surface area contributed by atoms with Crippen molar-refractivity contribution in [2.75, 3.05) is 37.8 Å². The van der Waals surface area contributed by atoms with Crippen molar-refractivity contribution < 1.29 is 9.53 Å². The van der Waals surface area contributed by atoms with Crippen molar-refractivity contribution in [3.63, 3.8) is 0 Å². The first-order chi connectivity index (χ1) is 18.0. The number of thiophene rings is 1. The van der Waals surface area contributed by atoms with Crippen LogP contribution >= 0.6 is 11.3 Å². The van der Waals surface area contributed by atoms with Gasteiger partial charge < -0.3 is 21.1 Å². The maximum atomic E-state index is 12.9. The predicted octanol–water partition coefficient (Wildman–Crippen LogP) is 4.65. The van der Waals surface area contributed by atoms with E-state index in [1.54, 1.807) is 48.0 Å². The summed E-state index contributed by atoms with van der Waals surface area (Å²) in [5, 5.41) is 0. The van der Waals surface area contributed by atoms with Crippen LogP contribution in [0.2, 0.25) is 0 Å². The topological polar surface area (TPSA) is 120 Å². The SMILES string of the molecule is Nc1ccc(C(=O)N2CC=C(c3cc4nc(-c5cnc(N)nc5)cc(C5=CCOCC5)c4s3)CC2)cc1. The Morgan fingerprint density at radius 2 is 1.81 bits per heavy atom. The van der Waals surface area contributed by atoms with Gasteiger partial charge in [-0.05, 0) is 65.9 Å². The molecule has 0 fully saturated rings. The molecule has 1 amide bonds. The number of pyridine rings is 1. The van der Waals surface area contributed by atoms with Crippen LogP contribution in [0.1, 0.15) is 33.6 Å². The number of aromatic nitrogens is 3. The minimum absolute atomic E-state index is 0.0254. The number of nitrogen functional groups attached to an aromatic ring is 2. The molecule has 4 N–H and O–H groups in total. The summed E-state index contributed by atoms with van der Waals surface area (Å²) in [5.41, 5.74) is 19.0. The van der Waals surface area contributed by atoms with E-state index in [2.05, 4.69) is 34.3 Å². The molecular formula is C28H26N6O2S. The standard InChI is InChI=1S/C28H26N6O2S/c29-21-3-1-19(2-4-21)27(35)34-9-5-18(6-10-34)25-14-24-26(37-25)22(17-7-11-36-12-8-17)13-23(33-24)20-15-31-28(30)32-16-20/h1-5,7,13-16H,6,8-12,29H2,(H2,30,31,32). The third-order valence-corrected chi connectivity index (χ3v) is 7.96. The van der Waals surface area contributed by atoms with E-state index in [0.29, 0.717) is 37.6 Å². The molecule has 9 heteroatoms. The lowest BCUT2D eigenvalue weighted by molar-refractivity contribution is 0.0773. The van der Waals surface area contributed by atoms with Crippen LogP contribution in [0.4, 0.5) is 11.6 Å². The highest BCUT2D eigenvalue weighted by molar-refractivity contribution is 7.20. The van der Waals surface area contributed by atoms with Gasteiger partial charge in [0, 0.05) is 47.2 Å². The van der Waals surface area contributed by atoms with E-state index in [1.807, 2.05) is 4.90 Å². The van der Waals surface area contributed by atoms with Crippen LogP contribution in [0.25, 0.3) is 32.6 Å². The molecule has 3 aromatic heterocycles. The summed E-state index contributed by atoms with van der Waals surface area (Å²) in [5.74, 6) is 0.264. The minimum atomic E-state index is 0.0254. The molecular weight excluding hydrogens is 484 g/mol. The number of hydrogen-bond acceptors (Lipinski definition) is 8. The third kappa shape index (κ3) is 4.71. The fourth-order valence-electron chi connectivity index (χ4n) is 4.69. The Morgan fingerprint density at radius 3 is 2.51 bits per heavy atom. The van der Waals surface area contributed by atoms with Crippen molar-refractivity contribution in [1.29, 1.82) is 0 Å². The number of rotatable bonds is 4. The van der Waals surface area contributed by atoms with Crippen LogP contribution in [0.3, 0.4) is 0 Å². The normalized spacial score (nSPS) is 15.9. The molecule has 0 unspecified atom stereocenters. The highest BCUT2D eigenvalue weighted by Crippen LogP contribution is 2.39. The Morgan fingerprint density at radius 1 is 1.00 bits per heavy atom. The molecule has 8 nitrogen and oxygen atoms in total. The molecule has 0 bridgehead atoms. The minimum Gasteiger partial charge on any atom is -0.399 e. The van der Waals surface area contributed by atoms with Crippen LogP contribution in [-0.4, -0.2) is 52.1 Å². The van der Waals surface area contributed by atoms with E-state index in [-0.39, 0.29) is 11.9 Å². The van der Waals surface area contributed by atoms with Gasteiger partial charge in [-0.1, -0.05) is 12.2 Å². The van der Waals surface area contributed by atoms with E-state index in [9.17, 15) is 4.79 Å². The molecule has 0 spiro atoms. The van der Waals surface area contributed by atoms with Crippen molar-refractivity contribution in [3.8, 4) is 11.3 Å². The van der Waals surface area contributed by atoms with Crippen molar-refractivity contribution in [2.45, 2.75) is 12.8 Å². The van der Waals surface area contributed by atoms with E-state index in [1.165, 1.54) is 21.6 Å². The van der Waals surface area contributed by atoms with E-state index in [0.717, 1.165) is 34.3 Å². The molecule has 37 heavy (non-hydrogen) atoms. The van der Waals surface area contributed by atoms with Crippen LogP contribution in [0.5, 0.6) is 0 Å². The van der Waals surface area contributed by atoms with Crippen LogP contribution in [0, 0.1) is 0 Å². The van der Waals surface area contributed by atoms with Crippen molar-refractivity contribution in [2.24, 2.45) is 0 Å². The number of ether oxygens (including phenoxy) is 1. The first-order valence-electron chi connectivity index (χ1n) is 12.2. The summed E-state index contributed by atoms with van der Waals surface area (Å²) in [6.07, 6.45) is 9.38. The lowest BCUT2D eigenvalue weighted by atomic mass is 9.99. The maximum absolute atomic E-state index is 12.9. The molecule has 4 aromatic rings. The number of nitrogens with two attached hydrogens (primary N) is 2. The first kappa shape index (κ1) is 23.3. The third-order valence-electron chi connectivity index (χ3n) is 6.73. The number of nitrogens with zero attached hydrogens (tertiary/aromatic N) is 4. The molecule has 2 aliphatic heterocycles. The van der Waals surface area contributed by atoms with Gasteiger partial charge in [0.05, 0.1) is 29.1 Å². The zero-order chi connectivity index (χ0) is 25.4. The zero-order valence-corrected chi connectivity index (χ0v) is 21.0. The molecule has 0 aliphatic carbocycles. The van der Waals surface area contributed by atoms with Crippen LogP contribution in [0.15, 0.2) is 60.9 Å². The summed E-state index contributed by atoms with van der Waals surface area (Å²) >= 11 is 1.76. The fraction of sp³-hybridized carbons (Fsp3) is 0.214. The molecule has 0 saturated carbocycles. The number of anilines is 2. The predicted molar refractivity (Wildman–Crippen MR) is 148 cm³/mol. The number of carbonyl (C=O) groups is 1. The first-order valence-corrected chi connectivity index (χ1v) is 13.0. The maximum Gasteiger partial charge on any atom is 0.254 e. The van der Waals surface area contributed by atoms with Crippen LogP contribution in [-0.2, 0) is 4.74 Å². The second kappa shape index (κ2) is 9.76. The largest absolute Gasteiger partial charge is 0.399 e. The average Bonchev–Trinajstić information content (AvgIpc) is 3.38. The molecule has 0 radical (unpaired) electrons. The highest BCUT2D eigenvalue weighted by Gasteiger charge is 2.22. The fourth-order valence-corrected chi connectivity index (χ4v) is 5.91. The Kier molecular flexibility index (Phi) is 6.15. The molecule has 0 saturated heterocycles. The number of carbonyl (C=O) groups excluding carboxylic acids is 1. The summed E-state index contributed by atoms with van der Waals surface area (Å²) in [6, 6.07) is 11.4. The molecule has 186 valence electrons. The summed E-state index contributed by atoms with van der Waals surface area (Å²) < 4.78 is 6.72. The van der Waals surface area contributed by atoms with Gasteiger partial charge in [-0.25, -0.2) is 15.0 Å². The second-order valence-corrected chi connectivity index (χ2v) is 10.2. The lowest BCUT2D eigenvalue weighted by Crippen LogP contribution is -2.34. The smallest absolute Gasteiger partial charge is 0.254 e. The van der Waals surface area contributed by atoms with Crippen molar-refractivity contribution in [1.82, 2.24) is 19.9 Å². The Labute approximate surface area is 218 Å². The molecule has 2 aliphatic rings. The van der Waals surface area contributed by atoms with Crippen molar-refractivity contribution in [3.05, 3.63) is 76.9 Å². The molecule has 0 atom stereocenters. The highest BCUT2D eigenvalue weighted by atomic mass is 32.1. The Bertz CT molecular complexity index is 1540. The number of benzene rings is 1. The number of hydrogen-bond donors (Lipinski definition) is 2. The summed E-state index contributed by atoms with van der Waals surface area (Å²) in [6.45, 7) is 2.56. The molecule has 1 aromatic carbocycles. The second-order valence-electron chi connectivity index (χ2n) is 9.12. The van der Waals surface area contributed by atoms with Gasteiger partial charge in [0.15, 0.2) is 0 Å². The summed E-state index contributed by atoms with van der Waals surface area (Å²) in [7, 11) is 0. The molecule has 6 rings (SSSR count). The van der Waals surface area contributed by atoms with Gasteiger partial charge in [0.25, 0.3) is 5.91 Å². The lowest BCUT2D eigenvalue weighted by Gasteiger charge is -2.26.